The Hall–Kier alpha value is -1.80. The fraction of sp³-hybridized carbons (Fsp3) is 0.391. The van der Waals surface area contributed by atoms with Crippen LogP contribution in [0.1, 0.15) is 35.8 Å². The molecule has 0 saturated heterocycles. The predicted octanol–water partition coefficient (Wildman–Crippen LogP) is 6.53. The summed E-state index contributed by atoms with van der Waals surface area (Å²) in [5.74, 6) is 1.42. The number of para-hydroxylation sites is 1. The van der Waals surface area contributed by atoms with Crippen LogP contribution < -0.4 is 0 Å². The highest BCUT2D eigenvalue weighted by molar-refractivity contribution is 6.77. The third-order valence-electron chi connectivity index (χ3n) is 6.92. The standard InChI is InChI=1S/C23H27NSi/c1-24-21-12-8-7-11-18(21)22-20-14-15(25(2,3)4)13-19(20)16-9-5-6-10-17(16)23(22)24/h5-12,15,19-20H,13-14H2,1-4H3. The van der Waals surface area contributed by atoms with Gasteiger partial charge in [0, 0.05) is 31.6 Å². The van der Waals surface area contributed by atoms with Crippen LogP contribution in [0.15, 0.2) is 48.5 Å². The number of hydrogen-bond donors (Lipinski definition) is 0. The molecule has 2 heteroatoms. The highest BCUT2D eigenvalue weighted by atomic mass is 28.3. The van der Waals surface area contributed by atoms with Crippen LogP contribution in [0.2, 0.25) is 25.2 Å². The van der Waals surface area contributed by atoms with E-state index in [-0.39, 0.29) is 0 Å². The smallest absolute Gasteiger partial charge is 0.0527 e. The van der Waals surface area contributed by atoms with Crippen LogP contribution in [0.4, 0.5) is 0 Å². The van der Waals surface area contributed by atoms with E-state index in [1.807, 2.05) is 0 Å². The number of nitrogens with zero attached hydrogens (tertiary/aromatic N) is 1. The van der Waals surface area contributed by atoms with Crippen molar-refractivity contribution in [3.05, 3.63) is 59.7 Å². The zero-order valence-corrected chi connectivity index (χ0v) is 16.7. The van der Waals surface area contributed by atoms with Crippen molar-refractivity contribution in [3.8, 4) is 11.3 Å². The van der Waals surface area contributed by atoms with E-state index in [1.165, 1.54) is 35.0 Å². The molecule has 2 aliphatic carbocycles. The molecule has 5 rings (SSSR count). The highest BCUT2D eigenvalue weighted by Crippen LogP contribution is 2.61. The lowest BCUT2D eigenvalue weighted by atomic mass is 9.75. The topological polar surface area (TPSA) is 4.93 Å². The fourth-order valence-corrected chi connectivity index (χ4v) is 7.49. The molecule has 3 unspecified atom stereocenters. The van der Waals surface area contributed by atoms with Crippen molar-refractivity contribution in [3.63, 3.8) is 0 Å². The Balaban J connectivity index is 1.82. The van der Waals surface area contributed by atoms with E-state index < -0.39 is 8.07 Å². The molecule has 3 atom stereocenters. The summed E-state index contributed by atoms with van der Waals surface area (Å²) in [7, 11) is 1.13. The second-order valence-corrected chi connectivity index (χ2v) is 14.7. The van der Waals surface area contributed by atoms with Crippen molar-refractivity contribution in [2.24, 2.45) is 7.05 Å². The highest BCUT2D eigenvalue weighted by Gasteiger charge is 2.46. The average Bonchev–Trinajstić information content (AvgIpc) is 3.16. The number of fused-ring (bicyclic) bond motifs is 8. The molecule has 3 aromatic rings. The summed E-state index contributed by atoms with van der Waals surface area (Å²) in [5.41, 5.74) is 8.53. The van der Waals surface area contributed by atoms with E-state index in [0.29, 0.717) is 11.8 Å². The average molecular weight is 346 g/mol. The molecule has 1 saturated carbocycles. The summed E-state index contributed by atoms with van der Waals surface area (Å²) in [6, 6.07) is 18.2. The molecule has 0 N–H and O–H groups in total. The maximum atomic E-state index is 2.56. The second kappa shape index (κ2) is 5.11. The summed E-state index contributed by atoms with van der Waals surface area (Å²) in [6.07, 6.45) is 2.77. The molecule has 0 aliphatic heterocycles. The van der Waals surface area contributed by atoms with E-state index in [2.05, 4.69) is 79.8 Å². The van der Waals surface area contributed by atoms with E-state index in [0.717, 1.165) is 5.54 Å². The van der Waals surface area contributed by atoms with Gasteiger partial charge in [0.1, 0.15) is 0 Å². The Kier molecular flexibility index (Phi) is 3.16. The van der Waals surface area contributed by atoms with E-state index in [4.69, 9.17) is 0 Å². The van der Waals surface area contributed by atoms with Crippen LogP contribution in [-0.2, 0) is 7.05 Å². The SMILES string of the molecule is Cn1c2c(c3ccccc31)C1CC([Si](C)(C)C)CC1c1ccccc1-2. The van der Waals surface area contributed by atoms with Gasteiger partial charge in [0.15, 0.2) is 0 Å². The summed E-state index contributed by atoms with van der Waals surface area (Å²) >= 11 is 0. The molecule has 0 bridgehead atoms. The molecule has 128 valence electrons. The zero-order chi connectivity index (χ0) is 17.3. The van der Waals surface area contributed by atoms with E-state index in [1.54, 1.807) is 11.1 Å². The van der Waals surface area contributed by atoms with Gasteiger partial charge in [-0.1, -0.05) is 62.1 Å². The Morgan fingerprint density at radius 2 is 1.56 bits per heavy atom. The van der Waals surface area contributed by atoms with Crippen LogP contribution in [0.5, 0.6) is 0 Å². The first-order valence-electron chi connectivity index (χ1n) is 9.63. The quantitative estimate of drug-likeness (QED) is 0.442. The van der Waals surface area contributed by atoms with Gasteiger partial charge in [0.2, 0.25) is 0 Å². The van der Waals surface area contributed by atoms with Gasteiger partial charge in [-0.25, -0.2) is 0 Å². The molecule has 0 spiro atoms. The number of rotatable bonds is 1. The van der Waals surface area contributed by atoms with Crippen molar-refractivity contribution in [2.75, 3.05) is 0 Å². The van der Waals surface area contributed by atoms with Crippen LogP contribution in [-0.4, -0.2) is 12.6 Å². The molecule has 1 aromatic heterocycles. The lowest BCUT2D eigenvalue weighted by Crippen LogP contribution is -2.26. The second-order valence-electron chi connectivity index (χ2n) is 9.17. The first kappa shape index (κ1) is 15.5. The lowest BCUT2D eigenvalue weighted by molar-refractivity contribution is 0.617. The minimum absolute atomic E-state index is 0.702. The van der Waals surface area contributed by atoms with Crippen LogP contribution in [0.3, 0.4) is 0 Å². The third-order valence-corrected chi connectivity index (χ3v) is 9.84. The number of hydrogen-bond acceptors (Lipinski definition) is 0. The number of aryl methyl sites for hydroxylation is 1. The predicted molar refractivity (Wildman–Crippen MR) is 110 cm³/mol. The van der Waals surface area contributed by atoms with Crippen molar-refractivity contribution in [1.82, 2.24) is 4.57 Å². The molecule has 1 fully saturated rings. The van der Waals surface area contributed by atoms with Gasteiger partial charge in [-0.3, -0.25) is 0 Å². The van der Waals surface area contributed by atoms with Crippen LogP contribution >= 0.6 is 0 Å². The summed E-state index contributed by atoms with van der Waals surface area (Å²) in [4.78, 5) is 0. The first-order chi connectivity index (χ1) is 12.0. The molecule has 1 heterocycles. The third kappa shape index (κ3) is 2.07. The molecule has 2 aliphatic rings. The minimum atomic E-state index is -1.12. The van der Waals surface area contributed by atoms with Crippen LogP contribution in [0, 0.1) is 0 Å². The molecule has 2 aromatic carbocycles. The normalized spacial score (nSPS) is 24.9. The van der Waals surface area contributed by atoms with E-state index >= 15 is 0 Å². The van der Waals surface area contributed by atoms with Gasteiger partial charge in [-0.2, -0.15) is 0 Å². The Labute approximate surface area is 151 Å². The van der Waals surface area contributed by atoms with E-state index in [9.17, 15) is 0 Å². The largest absolute Gasteiger partial charge is 0.343 e. The molecular formula is C23H27NSi. The molecular weight excluding hydrogens is 318 g/mol. The van der Waals surface area contributed by atoms with Gasteiger partial charge in [-0.15, -0.1) is 0 Å². The maximum absolute atomic E-state index is 2.56. The Morgan fingerprint density at radius 1 is 0.880 bits per heavy atom. The van der Waals surface area contributed by atoms with Crippen molar-refractivity contribution in [1.29, 1.82) is 0 Å². The molecule has 0 radical (unpaired) electrons. The zero-order valence-electron chi connectivity index (χ0n) is 15.7. The van der Waals surface area contributed by atoms with Crippen molar-refractivity contribution >= 4 is 19.0 Å². The molecule has 1 nitrogen and oxygen atoms in total. The maximum Gasteiger partial charge on any atom is 0.0527 e. The Morgan fingerprint density at radius 3 is 2.36 bits per heavy atom. The van der Waals surface area contributed by atoms with Gasteiger partial charge in [0.25, 0.3) is 0 Å². The van der Waals surface area contributed by atoms with Gasteiger partial charge < -0.3 is 4.57 Å². The lowest BCUT2D eigenvalue weighted by Gasteiger charge is -2.29. The van der Waals surface area contributed by atoms with Gasteiger partial charge in [-0.05, 0) is 47.4 Å². The molecule has 25 heavy (non-hydrogen) atoms. The van der Waals surface area contributed by atoms with Crippen molar-refractivity contribution < 1.29 is 0 Å². The first-order valence-corrected chi connectivity index (χ1v) is 13.2. The van der Waals surface area contributed by atoms with Gasteiger partial charge >= 0.3 is 0 Å². The van der Waals surface area contributed by atoms with Crippen LogP contribution in [0.25, 0.3) is 22.2 Å². The number of aromatic nitrogens is 1. The monoisotopic (exact) mass is 345 g/mol. The Bertz CT molecular complexity index is 975. The van der Waals surface area contributed by atoms with Gasteiger partial charge in [0.05, 0.1) is 5.69 Å². The summed E-state index contributed by atoms with van der Waals surface area (Å²) in [6.45, 7) is 7.68. The summed E-state index contributed by atoms with van der Waals surface area (Å²) in [5, 5.41) is 1.49. The molecule has 0 amide bonds. The number of benzene rings is 2. The minimum Gasteiger partial charge on any atom is -0.343 e. The van der Waals surface area contributed by atoms with Crippen molar-refractivity contribution in [2.45, 2.75) is 49.9 Å². The fourth-order valence-electron chi connectivity index (χ4n) is 5.57. The summed E-state index contributed by atoms with van der Waals surface area (Å²) < 4.78 is 2.45.